The van der Waals surface area contributed by atoms with E-state index >= 15 is 0 Å². The molecule has 0 saturated carbocycles. The fourth-order valence-electron chi connectivity index (χ4n) is 3.44. The first-order valence-electron chi connectivity index (χ1n) is 9.50. The molecule has 0 N–H and O–H groups in total. The van der Waals surface area contributed by atoms with Crippen molar-refractivity contribution >= 4 is 22.4 Å². The van der Waals surface area contributed by atoms with Crippen molar-refractivity contribution in [2.45, 2.75) is 13.5 Å². The van der Waals surface area contributed by atoms with Crippen molar-refractivity contribution in [1.29, 1.82) is 0 Å². The Bertz CT molecular complexity index is 1000. The van der Waals surface area contributed by atoms with Crippen molar-refractivity contribution in [3.8, 4) is 11.5 Å². The highest BCUT2D eigenvalue weighted by atomic mass is 16.7. The predicted octanol–water partition coefficient (Wildman–Crippen LogP) is 4.05. The molecule has 0 bridgehead atoms. The van der Waals surface area contributed by atoms with E-state index in [0.29, 0.717) is 19.6 Å². The number of benzene rings is 3. The molecule has 5 heteroatoms. The Morgan fingerprint density at radius 1 is 0.964 bits per heavy atom. The van der Waals surface area contributed by atoms with E-state index in [2.05, 4.69) is 30.3 Å². The highest BCUT2D eigenvalue weighted by molar-refractivity contribution is 5.87. The number of carbonyl (C=O) groups excluding carboxylic acids is 1. The maximum atomic E-state index is 12.9. The molecule has 0 radical (unpaired) electrons. The Labute approximate surface area is 165 Å². The Balaban J connectivity index is 1.44. The molecule has 0 spiro atoms. The second-order valence-electron chi connectivity index (χ2n) is 6.98. The standard InChI is InChI=1S/C23H24N2O3/c1-3-25(14-17-8-11-21-22(12-17)28-16-27-21)23(26)15-24(2)20-10-9-18-6-4-5-7-19(18)13-20/h4-13H,3,14-16H2,1-2H3. The molecule has 1 aliphatic heterocycles. The molecule has 1 heterocycles. The summed E-state index contributed by atoms with van der Waals surface area (Å²) in [6.07, 6.45) is 0. The van der Waals surface area contributed by atoms with E-state index < -0.39 is 0 Å². The van der Waals surface area contributed by atoms with Crippen LogP contribution in [0, 0.1) is 0 Å². The number of rotatable bonds is 6. The minimum absolute atomic E-state index is 0.0934. The number of carbonyl (C=O) groups is 1. The second-order valence-corrected chi connectivity index (χ2v) is 6.98. The van der Waals surface area contributed by atoms with Crippen LogP contribution >= 0.6 is 0 Å². The third-order valence-electron chi connectivity index (χ3n) is 5.09. The Hall–Kier alpha value is -3.21. The van der Waals surface area contributed by atoms with Crippen LogP contribution in [0.3, 0.4) is 0 Å². The third kappa shape index (κ3) is 3.74. The fourth-order valence-corrected chi connectivity index (χ4v) is 3.44. The molecule has 0 atom stereocenters. The number of fused-ring (bicyclic) bond motifs is 2. The van der Waals surface area contributed by atoms with E-state index in [9.17, 15) is 4.79 Å². The summed E-state index contributed by atoms with van der Waals surface area (Å²) in [6.45, 7) is 3.79. The van der Waals surface area contributed by atoms with Crippen LogP contribution in [-0.4, -0.2) is 37.7 Å². The molecule has 1 amide bonds. The van der Waals surface area contributed by atoms with Gasteiger partial charge in [0, 0.05) is 25.8 Å². The first-order chi connectivity index (χ1) is 13.6. The lowest BCUT2D eigenvalue weighted by molar-refractivity contribution is -0.130. The van der Waals surface area contributed by atoms with E-state index in [-0.39, 0.29) is 12.7 Å². The van der Waals surface area contributed by atoms with Gasteiger partial charge in [-0.05, 0) is 47.5 Å². The molecule has 3 aromatic carbocycles. The van der Waals surface area contributed by atoms with Gasteiger partial charge in [0.1, 0.15) is 0 Å². The Kier molecular flexibility index (Phi) is 5.06. The lowest BCUT2D eigenvalue weighted by atomic mass is 10.1. The van der Waals surface area contributed by atoms with Crippen LogP contribution < -0.4 is 14.4 Å². The molecule has 0 aromatic heterocycles. The number of nitrogens with zero attached hydrogens (tertiary/aromatic N) is 2. The third-order valence-corrected chi connectivity index (χ3v) is 5.09. The van der Waals surface area contributed by atoms with E-state index in [0.717, 1.165) is 22.7 Å². The smallest absolute Gasteiger partial charge is 0.242 e. The largest absolute Gasteiger partial charge is 0.454 e. The lowest BCUT2D eigenvalue weighted by Gasteiger charge is -2.26. The topological polar surface area (TPSA) is 42.0 Å². The van der Waals surface area contributed by atoms with E-state index in [1.165, 1.54) is 10.8 Å². The first-order valence-corrected chi connectivity index (χ1v) is 9.50. The monoisotopic (exact) mass is 376 g/mol. The minimum atomic E-state index is 0.0934. The average Bonchev–Trinajstić information content (AvgIpc) is 3.19. The summed E-state index contributed by atoms with van der Waals surface area (Å²) in [5, 5.41) is 2.37. The van der Waals surface area contributed by atoms with Gasteiger partial charge in [0.25, 0.3) is 0 Å². The van der Waals surface area contributed by atoms with Gasteiger partial charge in [0.05, 0.1) is 6.54 Å². The number of anilines is 1. The van der Waals surface area contributed by atoms with Crippen molar-refractivity contribution in [2.24, 2.45) is 0 Å². The summed E-state index contributed by atoms with van der Waals surface area (Å²) < 4.78 is 10.8. The molecule has 1 aliphatic rings. The van der Waals surface area contributed by atoms with Gasteiger partial charge in [-0.1, -0.05) is 36.4 Å². The molecular formula is C23H24N2O3. The number of ether oxygens (including phenoxy) is 2. The van der Waals surface area contributed by atoms with Gasteiger partial charge in [-0.2, -0.15) is 0 Å². The molecule has 0 saturated heterocycles. The van der Waals surface area contributed by atoms with E-state index in [1.54, 1.807) is 0 Å². The van der Waals surface area contributed by atoms with Crippen molar-refractivity contribution < 1.29 is 14.3 Å². The van der Waals surface area contributed by atoms with Gasteiger partial charge in [0.15, 0.2) is 11.5 Å². The maximum Gasteiger partial charge on any atom is 0.242 e. The molecule has 0 aliphatic carbocycles. The zero-order valence-electron chi connectivity index (χ0n) is 16.2. The fraction of sp³-hybridized carbons (Fsp3) is 0.261. The molecule has 4 rings (SSSR count). The van der Waals surface area contributed by atoms with Crippen LogP contribution in [0.4, 0.5) is 5.69 Å². The second kappa shape index (κ2) is 7.80. The Morgan fingerprint density at radius 3 is 2.57 bits per heavy atom. The highest BCUT2D eigenvalue weighted by Gasteiger charge is 2.18. The summed E-state index contributed by atoms with van der Waals surface area (Å²) in [6, 6.07) is 20.3. The Morgan fingerprint density at radius 2 is 1.75 bits per heavy atom. The number of amides is 1. The average molecular weight is 376 g/mol. The van der Waals surface area contributed by atoms with Gasteiger partial charge in [-0.25, -0.2) is 0 Å². The van der Waals surface area contributed by atoms with Gasteiger partial charge < -0.3 is 19.3 Å². The van der Waals surface area contributed by atoms with Crippen LogP contribution in [0.25, 0.3) is 10.8 Å². The molecule has 0 fully saturated rings. The summed E-state index contributed by atoms with van der Waals surface area (Å²) in [5.74, 6) is 1.60. The van der Waals surface area contributed by atoms with Crippen molar-refractivity contribution in [1.82, 2.24) is 4.90 Å². The number of likely N-dealkylation sites (N-methyl/N-ethyl adjacent to an activating group) is 2. The summed E-state index contributed by atoms with van der Waals surface area (Å²) in [4.78, 5) is 16.7. The van der Waals surface area contributed by atoms with Crippen LogP contribution in [0.1, 0.15) is 12.5 Å². The van der Waals surface area contributed by atoms with Gasteiger partial charge in [0.2, 0.25) is 12.7 Å². The zero-order chi connectivity index (χ0) is 19.5. The SMILES string of the molecule is CCN(Cc1ccc2c(c1)OCO2)C(=O)CN(C)c1ccc2ccccc2c1. The number of hydrogen-bond donors (Lipinski definition) is 0. The van der Waals surface area contributed by atoms with Gasteiger partial charge >= 0.3 is 0 Å². The van der Waals surface area contributed by atoms with Gasteiger partial charge in [-0.15, -0.1) is 0 Å². The predicted molar refractivity (Wildman–Crippen MR) is 111 cm³/mol. The van der Waals surface area contributed by atoms with Gasteiger partial charge in [-0.3, -0.25) is 4.79 Å². The quantitative estimate of drug-likeness (QED) is 0.651. The maximum absolute atomic E-state index is 12.9. The van der Waals surface area contributed by atoms with Crippen LogP contribution in [0.2, 0.25) is 0 Å². The molecule has 0 unspecified atom stereocenters. The highest BCUT2D eigenvalue weighted by Crippen LogP contribution is 2.32. The normalized spacial score (nSPS) is 12.2. The van der Waals surface area contributed by atoms with Crippen molar-refractivity contribution in [2.75, 3.05) is 31.8 Å². The van der Waals surface area contributed by atoms with Crippen LogP contribution in [-0.2, 0) is 11.3 Å². The zero-order valence-corrected chi connectivity index (χ0v) is 16.2. The van der Waals surface area contributed by atoms with Crippen LogP contribution in [0.15, 0.2) is 60.7 Å². The molecule has 5 nitrogen and oxygen atoms in total. The summed E-state index contributed by atoms with van der Waals surface area (Å²) in [5.41, 5.74) is 2.07. The van der Waals surface area contributed by atoms with Crippen molar-refractivity contribution in [3.63, 3.8) is 0 Å². The molecular weight excluding hydrogens is 352 g/mol. The van der Waals surface area contributed by atoms with Crippen molar-refractivity contribution in [3.05, 3.63) is 66.2 Å². The first kappa shape index (κ1) is 18.2. The molecule has 3 aromatic rings. The van der Waals surface area contributed by atoms with E-state index in [4.69, 9.17) is 9.47 Å². The summed E-state index contributed by atoms with van der Waals surface area (Å²) >= 11 is 0. The van der Waals surface area contributed by atoms with E-state index in [1.807, 2.05) is 54.1 Å². The molecule has 144 valence electrons. The van der Waals surface area contributed by atoms with Crippen LogP contribution in [0.5, 0.6) is 11.5 Å². The number of hydrogen-bond acceptors (Lipinski definition) is 4. The minimum Gasteiger partial charge on any atom is -0.454 e. The lowest BCUT2D eigenvalue weighted by Crippen LogP contribution is -2.38. The molecule has 28 heavy (non-hydrogen) atoms. The summed E-state index contributed by atoms with van der Waals surface area (Å²) in [7, 11) is 1.95.